The Kier molecular flexibility index (Phi) is 5.16. The predicted molar refractivity (Wildman–Crippen MR) is 118 cm³/mol. The lowest BCUT2D eigenvalue weighted by molar-refractivity contribution is -0.0390. The maximum Gasteiger partial charge on any atom is 0.109 e. The molecule has 0 radical (unpaired) electrons. The van der Waals surface area contributed by atoms with Gasteiger partial charge in [0.25, 0.3) is 0 Å². The van der Waals surface area contributed by atoms with Crippen LogP contribution < -0.4 is 15.5 Å². The summed E-state index contributed by atoms with van der Waals surface area (Å²) in [5.41, 5.74) is 5.27. The van der Waals surface area contributed by atoms with Crippen LogP contribution in [0, 0.1) is 11.3 Å². The van der Waals surface area contributed by atoms with E-state index in [-0.39, 0.29) is 18.4 Å². The van der Waals surface area contributed by atoms with Crippen molar-refractivity contribution in [1.82, 2.24) is 15.6 Å². The van der Waals surface area contributed by atoms with Gasteiger partial charge in [0.1, 0.15) is 18.3 Å². The standard InChI is InChI=1S/C24H27N5O/c1-16-14-29(21-9-8-18(13-25)23-19(21)6-4-11-26-23)15-22(30-16)24-27-12-10-17-5-2-3-7-20(17)28-24/h2,4-6,8-9,11,16,22,24,27-28H,3,7,10,12,14-15H2,1H3. The molecule has 0 saturated carbocycles. The van der Waals surface area contributed by atoms with E-state index in [4.69, 9.17) is 4.74 Å². The van der Waals surface area contributed by atoms with Gasteiger partial charge >= 0.3 is 0 Å². The molecule has 3 aliphatic rings. The Morgan fingerprint density at radius 2 is 2.17 bits per heavy atom. The molecule has 1 fully saturated rings. The van der Waals surface area contributed by atoms with E-state index in [1.807, 2.05) is 12.1 Å². The monoisotopic (exact) mass is 401 g/mol. The zero-order chi connectivity index (χ0) is 20.5. The van der Waals surface area contributed by atoms with Crippen LogP contribution in [0.2, 0.25) is 0 Å². The number of allylic oxidation sites excluding steroid dienone is 3. The SMILES string of the molecule is CC1CN(c2ccc(C#N)c3ncccc23)CC(C2NCCC3=C(CCC=C3)N2)O1. The molecule has 1 aromatic carbocycles. The van der Waals surface area contributed by atoms with Crippen molar-refractivity contribution in [3.05, 3.63) is 59.4 Å². The van der Waals surface area contributed by atoms with E-state index in [2.05, 4.69) is 57.8 Å². The summed E-state index contributed by atoms with van der Waals surface area (Å²) >= 11 is 0. The highest BCUT2D eigenvalue weighted by atomic mass is 16.5. The molecule has 2 aromatic rings. The third-order valence-electron chi connectivity index (χ3n) is 6.22. The molecule has 3 atom stereocenters. The second-order valence-corrected chi connectivity index (χ2v) is 8.30. The molecule has 2 aliphatic heterocycles. The van der Waals surface area contributed by atoms with E-state index in [9.17, 15) is 5.26 Å². The molecule has 1 saturated heterocycles. The van der Waals surface area contributed by atoms with Crippen molar-refractivity contribution >= 4 is 16.6 Å². The summed E-state index contributed by atoms with van der Waals surface area (Å²) in [6, 6.07) is 10.2. The average molecular weight is 402 g/mol. The quantitative estimate of drug-likeness (QED) is 0.805. The van der Waals surface area contributed by atoms with Crippen molar-refractivity contribution in [3.8, 4) is 6.07 Å². The predicted octanol–water partition coefficient (Wildman–Crippen LogP) is 3.21. The van der Waals surface area contributed by atoms with Gasteiger partial charge in [-0.05, 0) is 56.0 Å². The van der Waals surface area contributed by atoms with Crippen molar-refractivity contribution in [2.24, 2.45) is 0 Å². The zero-order valence-corrected chi connectivity index (χ0v) is 17.3. The Labute approximate surface area is 177 Å². The minimum atomic E-state index is 0.0221. The number of morpholine rings is 1. The molecule has 1 aromatic heterocycles. The summed E-state index contributed by atoms with van der Waals surface area (Å²) in [6.07, 6.45) is 9.71. The van der Waals surface area contributed by atoms with Crippen LogP contribution in [-0.4, -0.2) is 43.0 Å². The topological polar surface area (TPSA) is 73.2 Å². The molecular weight excluding hydrogens is 374 g/mol. The van der Waals surface area contributed by atoms with Crippen molar-refractivity contribution in [3.63, 3.8) is 0 Å². The molecular formula is C24H27N5O. The largest absolute Gasteiger partial charge is 0.371 e. The Morgan fingerprint density at radius 1 is 1.23 bits per heavy atom. The first-order chi connectivity index (χ1) is 14.7. The second kappa shape index (κ2) is 8.10. The number of pyridine rings is 1. The highest BCUT2D eigenvalue weighted by molar-refractivity contribution is 5.95. The van der Waals surface area contributed by atoms with Crippen LogP contribution in [0.25, 0.3) is 10.9 Å². The van der Waals surface area contributed by atoms with E-state index < -0.39 is 0 Å². The second-order valence-electron chi connectivity index (χ2n) is 8.30. The number of nitriles is 1. The summed E-state index contributed by atoms with van der Waals surface area (Å²) in [6.45, 7) is 4.67. The fourth-order valence-electron chi connectivity index (χ4n) is 4.83. The summed E-state index contributed by atoms with van der Waals surface area (Å²) in [7, 11) is 0. The minimum Gasteiger partial charge on any atom is -0.371 e. The molecule has 30 heavy (non-hydrogen) atoms. The number of hydrogen-bond acceptors (Lipinski definition) is 6. The van der Waals surface area contributed by atoms with E-state index in [0.717, 1.165) is 55.5 Å². The van der Waals surface area contributed by atoms with Crippen LogP contribution in [0.1, 0.15) is 31.7 Å². The molecule has 6 heteroatoms. The molecule has 2 N–H and O–H groups in total. The average Bonchev–Trinajstić information content (AvgIpc) is 3.00. The van der Waals surface area contributed by atoms with Crippen molar-refractivity contribution in [1.29, 1.82) is 5.26 Å². The van der Waals surface area contributed by atoms with E-state index >= 15 is 0 Å². The van der Waals surface area contributed by atoms with Gasteiger partial charge in [0.15, 0.2) is 0 Å². The summed E-state index contributed by atoms with van der Waals surface area (Å²) < 4.78 is 6.39. The van der Waals surface area contributed by atoms with Gasteiger partial charge in [0.05, 0.1) is 17.2 Å². The van der Waals surface area contributed by atoms with Crippen molar-refractivity contribution < 1.29 is 4.74 Å². The van der Waals surface area contributed by atoms with Gasteiger partial charge < -0.3 is 15.0 Å². The number of nitrogens with one attached hydrogen (secondary N) is 2. The molecule has 0 bridgehead atoms. The number of anilines is 1. The van der Waals surface area contributed by atoms with Crippen LogP contribution >= 0.6 is 0 Å². The van der Waals surface area contributed by atoms with Gasteiger partial charge in [-0.25, -0.2) is 0 Å². The van der Waals surface area contributed by atoms with Gasteiger partial charge in [-0.3, -0.25) is 10.3 Å². The number of rotatable bonds is 2. The van der Waals surface area contributed by atoms with Crippen LogP contribution in [0.4, 0.5) is 5.69 Å². The summed E-state index contributed by atoms with van der Waals surface area (Å²) in [4.78, 5) is 6.86. The fourth-order valence-corrected chi connectivity index (χ4v) is 4.83. The van der Waals surface area contributed by atoms with Crippen LogP contribution in [0.3, 0.4) is 0 Å². The third kappa shape index (κ3) is 3.55. The molecule has 1 aliphatic carbocycles. The third-order valence-corrected chi connectivity index (χ3v) is 6.22. The Morgan fingerprint density at radius 3 is 3.07 bits per heavy atom. The number of ether oxygens (including phenoxy) is 1. The van der Waals surface area contributed by atoms with Crippen LogP contribution in [-0.2, 0) is 4.74 Å². The first-order valence-electron chi connectivity index (χ1n) is 10.8. The Hall–Kier alpha value is -2.88. The fraction of sp³-hybridized carbons (Fsp3) is 0.417. The van der Waals surface area contributed by atoms with Gasteiger partial charge in [0, 0.05) is 42.6 Å². The number of hydrogen-bond donors (Lipinski definition) is 2. The number of aromatic nitrogens is 1. The van der Waals surface area contributed by atoms with E-state index in [1.54, 1.807) is 6.20 Å². The summed E-state index contributed by atoms with van der Waals surface area (Å²) in [5, 5.41) is 17.9. The summed E-state index contributed by atoms with van der Waals surface area (Å²) in [5.74, 6) is 0. The molecule has 5 rings (SSSR count). The van der Waals surface area contributed by atoms with E-state index in [0.29, 0.717) is 5.56 Å². The van der Waals surface area contributed by atoms with Crippen molar-refractivity contribution in [2.45, 2.75) is 44.6 Å². The molecule has 154 valence electrons. The molecule has 6 nitrogen and oxygen atoms in total. The lowest BCUT2D eigenvalue weighted by Crippen LogP contribution is -2.59. The Balaban J connectivity index is 1.44. The number of fused-ring (bicyclic) bond motifs is 1. The lowest BCUT2D eigenvalue weighted by atomic mass is 10.0. The first-order valence-corrected chi connectivity index (χ1v) is 10.8. The number of benzene rings is 1. The van der Waals surface area contributed by atoms with Gasteiger partial charge in [-0.1, -0.05) is 12.2 Å². The van der Waals surface area contributed by atoms with Gasteiger partial charge in [0.2, 0.25) is 0 Å². The normalized spacial score (nSPS) is 26.7. The Bertz CT molecular complexity index is 1050. The van der Waals surface area contributed by atoms with Gasteiger partial charge in [-0.15, -0.1) is 0 Å². The van der Waals surface area contributed by atoms with Gasteiger partial charge in [-0.2, -0.15) is 5.26 Å². The highest BCUT2D eigenvalue weighted by Gasteiger charge is 2.33. The molecule has 0 amide bonds. The highest BCUT2D eigenvalue weighted by Crippen LogP contribution is 2.31. The van der Waals surface area contributed by atoms with Crippen LogP contribution in [0.15, 0.2) is 53.9 Å². The minimum absolute atomic E-state index is 0.0221. The zero-order valence-electron chi connectivity index (χ0n) is 17.3. The molecule has 3 heterocycles. The number of nitrogens with zero attached hydrogens (tertiary/aromatic N) is 3. The first kappa shape index (κ1) is 19.1. The maximum absolute atomic E-state index is 9.46. The van der Waals surface area contributed by atoms with Crippen LogP contribution in [0.5, 0.6) is 0 Å². The molecule has 0 spiro atoms. The van der Waals surface area contributed by atoms with E-state index in [1.165, 1.54) is 11.3 Å². The lowest BCUT2D eigenvalue weighted by Gasteiger charge is -2.42. The van der Waals surface area contributed by atoms with Crippen molar-refractivity contribution in [2.75, 3.05) is 24.5 Å². The maximum atomic E-state index is 9.46. The smallest absolute Gasteiger partial charge is 0.109 e. The molecule has 3 unspecified atom stereocenters.